The van der Waals surface area contributed by atoms with E-state index >= 15 is 0 Å². The molecule has 2 atom stereocenters. The second-order valence-corrected chi connectivity index (χ2v) is 13.6. The third-order valence-electron chi connectivity index (χ3n) is 8.46. The molecular formula is C39H66N4O16. The van der Waals surface area contributed by atoms with Crippen LogP contribution in [0.15, 0.2) is 12.2 Å². The fourth-order valence-electron chi connectivity index (χ4n) is 5.26. The maximum Gasteiger partial charge on any atom is 0.306 e. The van der Waals surface area contributed by atoms with Crippen LogP contribution in [0.3, 0.4) is 0 Å². The summed E-state index contributed by atoms with van der Waals surface area (Å²) < 4.78 is 43.6. The van der Waals surface area contributed by atoms with Crippen molar-refractivity contribution in [3.05, 3.63) is 12.2 Å². The number of hydrogen-bond acceptors (Lipinski definition) is 15. The molecule has 0 saturated heterocycles. The van der Waals surface area contributed by atoms with Gasteiger partial charge in [0.1, 0.15) is 0 Å². The van der Waals surface area contributed by atoms with Crippen molar-refractivity contribution in [1.29, 1.82) is 0 Å². The summed E-state index contributed by atoms with van der Waals surface area (Å²) >= 11 is 0. The van der Waals surface area contributed by atoms with E-state index in [1.807, 2.05) is 0 Å². The van der Waals surface area contributed by atoms with Crippen LogP contribution in [0.25, 0.3) is 0 Å². The molecule has 0 radical (unpaired) electrons. The molecule has 0 saturated carbocycles. The van der Waals surface area contributed by atoms with Crippen molar-refractivity contribution in [1.82, 2.24) is 15.5 Å². The summed E-state index contributed by atoms with van der Waals surface area (Å²) in [5, 5.41) is 14.9. The maximum absolute atomic E-state index is 12.9. The Kier molecular flexibility index (Phi) is 31.4. The number of carbonyl (C=O) groups is 7. The summed E-state index contributed by atoms with van der Waals surface area (Å²) in [6.45, 7) is 9.74. The van der Waals surface area contributed by atoms with Gasteiger partial charge in [-0.2, -0.15) is 0 Å². The first-order valence-electron chi connectivity index (χ1n) is 20.2. The topological polar surface area (TPSA) is 267 Å². The molecule has 59 heavy (non-hydrogen) atoms. The van der Waals surface area contributed by atoms with Crippen molar-refractivity contribution < 1.29 is 76.6 Å². The first-order valence-corrected chi connectivity index (χ1v) is 20.2. The summed E-state index contributed by atoms with van der Waals surface area (Å²) in [6, 6.07) is -0.814. The van der Waals surface area contributed by atoms with Crippen LogP contribution in [-0.2, 0) is 71.5 Å². The molecule has 0 aromatic heterocycles. The molecule has 0 fully saturated rings. The molecule has 0 spiro atoms. The van der Waals surface area contributed by atoms with Gasteiger partial charge in [-0.15, -0.1) is 0 Å². The Labute approximate surface area is 346 Å². The fourth-order valence-corrected chi connectivity index (χ4v) is 5.26. The second-order valence-electron chi connectivity index (χ2n) is 13.6. The Morgan fingerprint density at radius 1 is 0.627 bits per heavy atom. The van der Waals surface area contributed by atoms with Crippen molar-refractivity contribution in [2.75, 3.05) is 119 Å². The number of rotatable bonds is 41. The Morgan fingerprint density at radius 2 is 1.07 bits per heavy atom. The smallest absolute Gasteiger partial charge is 0.306 e. The van der Waals surface area contributed by atoms with Crippen LogP contribution in [0.5, 0.6) is 0 Å². The average Bonchev–Trinajstić information content (AvgIpc) is 3.52. The minimum atomic E-state index is -1.09. The Bertz CT molecular complexity index is 1250. The number of carboxylic acid groups (broad SMARTS) is 1. The molecule has 338 valence electrons. The van der Waals surface area contributed by atoms with Crippen LogP contribution in [0.4, 0.5) is 0 Å². The van der Waals surface area contributed by atoms with Crippen molar-refractivity contribution in [2.45, 2.75) is 64.8 Å². The number of nitrogens with zero attached hydrogens (tertiary/aromatic N) is 1. The summed E-state index contributed by atoms with van der Waals surface area (Å²) in [5.74, 6) is -4.48. The van der Waals surface area contributed by atoms with E-state index in [1.54, 1.807) is 13.8 Å². The van der Waals surface area contributed by atoms with E-state index in [1.165, 1.54) is 12.2 Å². The fraction of sp³-hybridized carbons (Fsp3) is 0.769. The Morgan fingerprint density at radius 3 is 1.49 bits per heavy atom. The molecule has 5 amide bonds. The zero-order chi connectivity index (χ0) is 43.5. The van der Waals surface area contributed by atoms with Crippen LogP contribution in [0.1, 0.15) is 58.8 Å². The molecule has 1 rings (SSSR count). The van der Waals surface area contributed by atoms with E-state index in [9.17, 15) is 38.7 Å². The molecule has 1 aliphatic rings. The van der Waals surface area contributed by atoms with Gasteiger partial charge in [0.2, 0.25) is 17.7 Å². The largest absolute Gasteiger partial charge is 0.481 e. The molecular weight excluding hydrogens is 780 g/mol. The third-order valence-corrected chi connectivity index (χ3v) is 8.46. The lowest BCUT2D eigenvalue weighted by Gasteiger charge is -2.23. The first kappa shape index (κ1) is 53.1. The maximum atomic E-state index is 12.9. The zero-order valence-corrected chi connectivity index (χ0v) is 34.7. The molecule has 20 nitrogen and oxygen atoms in total. The van der Waals surface area contributed by atoms with E-state index in [2.05, 4.69) is 10.6 Å². The zero-order valence-electron chi connectivity index (χ0n) is 34.7. The number of unbranched alkanes of at least 4 members (excludes halogenated alkanes) is 1. The number of carbonyl (C=O) groups excluding carboxylic acids is 6. The average molecular weight is 847 g/mol. The minimum absolute atomic E-state index is 0.0352. The SMILES string of the molecule is CC(C)[C@H](NC(=O)CCOCCOCCOCCOCCOCCOCCOCCOCCNC(=O)CCN1C(=O)C=CC1=O)C(=O)C[C@@H](CCCCC(N)=O)C(=O)O. The molecule has 1 heterocycles. The number of hydrogen-bond donors (Lipinski definition) is 4. The van der Waals surface area contributed by atoms with Crippen LogP contribution < -0.4 is 16.4 Å². The molecule has 0 unspecified atom stereocenters. The summed E-state index contributed by atoms with van der Waals surface area (Å²) in [6.07, 6.45) is 3.54. The number of nitrogens with two attached hydrogens (primary N) is 1. The monoisotopic (exact) mass is 846 g/mol. The molecule has 20 heteroatoms. The van der Waals surface area contributed by atoms with Crippen molar-refractivity contribution in [2.24, 2.45) is 17.6 Å². The lowest BCUT2D eigenvalue weighted by molar-refractivity contribution is -0.144. The number of Topliss-reactive ketones (excluding diaryl/α,β-unsaturated/α-hetero) is 1. The highest BCUT2D eigenvalue weighted by molar-refractivity contribution is 6.13. The van der Waals surface area contributed by atoms with Gasteiger partial charge >= 0.3 is 5.97 Å². The van der Waals surface area contributed by atoms with Crippen LogP contribution in [-0.4, -0.2) is 176 Å². The number of carboxylic acids is 1. The standard InChI is InChI=1S/C39H66N4O16/c1-30(2)38(32(44)29-31(39(50)51)5-3-4-6-33(40)45)42-35(47)10-13-52-15-17-54-19-21-56-23-25-58-27-28-59-26-24-57-22-20-55-18-16-53-14-11-41-34(46)9-12-43-36(48)7-8-37(43)49/h7-8,30-31,38H,3-6,9-29H2,1-2H3,(H2,40,45)(H,41,46)(H,42,47)(H,50,51)/t31-,38+/m1/s1. The normalized spacial score (nSPS) is 13.6. The predicted octanol–water partition coefficient (Wildman–Crippen LogP) is -0.213. The Balaban J connectivity index is 1.85. The highest BCUT2D eigenvalue weighted by Crippen LogP contribution is 2.18. The van der Waals surface area contributed by atoms with Gasteiger partial charge in [0.05, 0.1) is 118 Å². The molecule has 0 aliphatic carbocycles. The molecule has 0 bridgehead atoms. The van der Waals surface area contributed by atoms with Gasteiger partial charge < -0.3 is 59.4 Å². The second kappa shape index (κ2) is 34.9. The van der Waals surface area contributed by atoms with E-state index in [4.69, 9.17) is 43.6 Å². The van der Waals surface area contributed by atoms with E-state index in [0.717, 1.165) is 4.90 Å². The number of aliphatic carboxylic acids is 1. The number of imide groups is 1. The van der Waals surface area contributed by atoms with Gasteiger partial charge in [-0.25, -0.2) is 0 Å². The number of nitrogens with one attached hydrogen (secondary N) is 2. The lowest BCUT2D eigenvalue weighted by Crippen LogP contribution is -2.45. The summed E-state index contributed by atoms with van der Waals surface area (Å²) in [4.78, 5) is 83.6. The van der Waals surface area contributed by atoms with Crippen molar-refractivity contribution >= 4 is 41.3 Å². The van der Waals surface area contributed by atoms with Crippen LogP contribution in [0, 0.1) is 11.8 Å². The van der Waals surface area contributed by atoms with Crippen molar-refractivity contribution in [3.8, 4) is 0 Å². The minimum Gasteiger partial charge on any atom is -0.481 e. The number of ketones is 1. The van der Waals surface area contributed by atoms with Gasteiger partial charge in [0.15, 0.2) is 5.78 Å². The third kappa shape index (κ3) is 29.1. The quantitative estimate of drug-likeness (QED) is 0.0458. The van der Waals surface area contributed by atoms with E-state index in [-0.39, 0.29) is 75.4 Å². The Hall–Kier alpha value is -3.89. The highest BCUT2D eigenvalue weighted by Gasteiger charge is 2.29. The van der Waals surface area contributed by atoms with Crippen LogP contribution >= 0.6 is 0 Å². The summed E-state index contributed by atoms with van der Waals surface area (Å²) in [5.41, 5.74) is 5.12. The number of primary amides is 1. The van der Waals surface area contributed by atoms with Gasteiger partial charge in [-0.3, -0.25) is 38.5 Å². The van der Waals surface area contributed by atoms with Gasteiger partial charge in [0, 0.05) is 50.9 Å². The van der Waals surface area contributed by atoms with Crippen molar-refractivity contribution in [3.63, 3.8) is 0 Å². The highest BCUT2D eigenvalue weighted by atomic mass is 16.6. The van der Waals surface area contributed by atoms with Crippen LogP contribution in [0.2, 0.25) is 0 Å². The number of ether oxygens (including phenoxy) is 8. The van der Waals surface area contributed by atoms with E-state index < -0.39 is 35.7 Å². The molecule has 0 aromatic rings. The molecule has 1 aliphatic heterocycles. The lowest BCUT2D eigenvalue weighted by atomic mass is 9.89. The van der Waals surface area contributed by atoms with E-state index in [0.29, 0.717) is 112 Å². The van der Waals surface area contributed by atoms with Gasteiger partial charge in [-0.05, 0) is 18.8 Å². The van der Waals surface area contributed by atoms with Gasteiger partial charge in [0.25, 0.3) is 11.8 Å². The summed E-state index contributed by atoms with van der Waals surface area (Å²) in [7, 11) is 0. The molecule has 0 aromatic carbocycles. The van der Waals surface area contributed by atoms with Gasteiger partial charge in [-0.1, -0.05) is 20.3 Å². The predicted molar refractivity (Wildman–Crippen MR) is 210 cm³/mol. The number of amides is 5. The molecule has 5 N–H and O–H groups in total. The first-order chi connectivity index (χ1) is 28.4.